The summed E-state index contributed by atoms with van der Waals surface area (Å²) in [7, 11) is 0. The molecule has 0 spiro atoms. The maximum atomic E-state index is 11.9. The van der Waals surface area contributed by atoms with Crippen LogP contribution >= 0.6 is 0 Å². The van der Waals surface area contributed by atoms with Crippen LogP contribution in [0.5, 0.6) is 0 Å². The highest BCUT2D eigenvalue weighted by Crippen LogP contribution is 2.29. The summed E-state index contributed by atoms with van der Waals surface area (Å²) in [4.78, 5) is 0. The van der Waals surface area contributed by atoms with Crippen LogP contribution in [0.2, 0.25) is 0 Å². The van der Waals surface area contributed by atoms with Gasteiger partial charge in [0.15, 0.2) is 0 Å². The Kier molecular flexibility index (Phi) is 3.89. The van der Waals surface area contributed by atoms with Gasteiger partial charge in [0.05, 0.1) is 5.54 Å². The van der Waals surface area contributed by atoms with Gasteiger partial charge in [-0.3, -0.25) is 0 Å². The fourth-order valence-corrected chi connectivity index (χ4v) is 2.77. The summed E-state index contributed by atoms with van der Waals surface area (Å²) in [5.41, 5.74) is 0.108. The lowest BCUT2D eigenvalue weighted by molar-refractivity contribution is 0.291. The number of rotatable bonds is 2. The number of hydrogen-bond donors (Lipinski definition) is 1. The summed E-state index contributed by atoms with van der Waals surface area (Å²) in [6, 6.07) is 0. The van der Waals surface area contributed by atoms with E-state index < -0.39 is 11.4 Å². The minimum Gasteiger partial charge on any atom is -0.598 e. The van der Waals surface area contributed by atoms with Crippen molar-refractivity contribution < 1.29 is 4.55 Å². The largest absolute Gasteiger partial charge is 0.598 e. The topological polar surface area (TPSA) is 35.1 Å². The summed E-state index contributed by atoms with van der Waals surface area (Å²) >= 11 is -0.924. The highest BCUT2D eigenvalue weighted by Gasteiger charge is 2.36. The lowest BCUT2D eigenvalue weighted by atomic mass is 9.84. The Bertz CT molecular complexity index is 182. The SMILES string of the molecule is CC1(N[S+]([O-])C(C)(C)C)CCCCC1. The second-order valence-electron chi connectivity index (χ2n) is 5.60. The molecular weight excluding hydrogens is 194 g/mol. The van der Waals surface area contributed by atoms with Gasteiger partial charge in [0, 0.05) is 11.4 Å². The van der Waals surface area contributed by atoms with Crippen molar-refractivity contribution >= 4 is 11.4 Å². The van der Waals surface area contributed by atoms with E-state index >= 15 is 0 Å². The zero-order valence-electron chi connectivity index (χ0n) is 9.85. The monoisotopic (exact) mass is 217 g/mol. The fourth-order valence-electron chi connectivity index (χ4n) is 1.81. The predicted octanol–water partition coefficient (Wildman–Crippen LogP) is 2.76. The molecule has 0 heterocycles. The first-order chi connectivity index (χ1) is 6.33. The van der Waals surface area contributed by atoms with Crippen LogP contribution in [0.4, 0.5) is 0 Å². The third kappa shape index (κ3) is 3.44. The molecule has 0 aliphatic heterocycles. The van der Waals surface area contributed by atoms with Crippen molar-refractivity contribution in [1.82, 2.24) is 4.72 Å². The first-order valence-electron chi connectivity index (χ1n) is 5.53. The average molecular weight is 217 g/mol. The van der Waals surface area contributed by atoms with Gasteiger partial charge in [0.1, 0.15) is 4.75 Å². The Balaban J connectivity index is 2.49. The molecular formula is C11H23NOS. The zero-order valence-corrected chi connectivity index (χ0v) is 10.7. The van der Waals surface area contributed by atoms with E-state index in [1.807, 2.05) is 20.8 Å². The maximum Gasteiger partial charge on any atom is 0.136 e. The summed E-state index contributed by atoms with van der Waals surface area (Å²) in [6.45, 7) is 8.25. The van der Waals surface area contributed by atoms with Crippen LogP contribution in [-0.4, -0.2) is 14.8 Å². The van der Waals surface area contributed by atoms with Crippen LogP contribution < -0.4 is 4.72 Å². The van der Waals surface area contributed by atoms with Gasteiger partial charge in [0.25, 0.3) is 0 Å². The van der Waals surface area contributed by atoms with Crippen molar-refractivity contribution in [3.63, 3.8) is 0 Å². The Morgan fingerprint density at radius 1 is 1.14 bits per heavy atom. The summed E-state index contributed by atoms with van der Waals surface area (Å²) < 4.78 is 15.1. The van der Waals surface area contributed by atoms with E-state index in [9.17, 15) is 4.55 Å². The van der Waals surface area contributed by atoms with Gasteiger partial charge < -0.3 is 4.55 Å². The molecule has 0 aromatic heterocycles. The van der Waals surface area contributed by atoms with E-state index in [1.165, 1.54) is 19.3 Å². The van der Waals surface area contributed by atoms with Gasteiger partial charge in [-0.15, -0.1) is 4.72 Å². The Hall–Kier alpha value is 0.270. The van der Waals surface area contributed by atoms with Crippen molar-refractivity contribution in [1.29, 1.82) is 0 Å². The van der Waals surface area contributed by atoms with E-state index in [1.54, 1.807) is 0 Å². The quantitative estimate of drug-likeness (QED) is 0.722. The Morgan fingerprint density at radius 2 is 1.64 bits per heavy atom. The third-order valence-corrected chi connectivity index (χ3v) is 4.64. The molecule has 1 atom stereocenters. The number of hydrogen-bond acceptors (Lipinski definition) is 2. The van der Waals surface area contributed by atoms with Gasteiger partial charge in [-0.05, 0) is 40.5 Å². The summed E-state index contributed by atoms with van der Waals surface area (Å²) in [5, 5.41) is 0. The van der Waals surface area contributed by atoms with Crippen LogP contribution in [0.1, 0.15) is 59.8 Å². The predicted molar refractivity (Wildman–Crippen MR) is 62.5 cm³/mol. The zero-order chi connectivity index (χ0) is 10.8. The second kappa shape index (κ2) is 4.42. The Labute approximate surface area is 91.2 Å². The van der Waals surface area contributed by atoms with E-state index in [0.717, 1.165) is 12.8 Å². The molecule has 0 amide bonds. The van der Waals surface area contributed by atoms with Crippen molar-refractivity contribution in [2.24, 2.45) is 0 Å². The first-order valence-corrected chi connectivity index (χ1v) is 6.68. The molecule has 2 nitrogen and oxygen atoms in total. The Morgan fingerprint density at radius 3 is 2.07 bits per heavy atom. The number of nitrogens with one attached hydrogen (secondary N) is 1. The van der Waals surface area contributed by atoms with Crippen molar-refractivity contribution in [3.05, 3.63) is 0 Å². The second-order valence-corrected chi connectivity index (χ2v) is 7.57. The van der Waals surface area contributed by atoms with Crippen molar-refractivity contribution in [2.75, 3.05) is 0 Å². The molecule has 0 radical (unpaired) electrons. The average Bonchev–Trinajstić information content (AvgIpc) is 2.02. The molecule has 14 heavy (non-hydrogen) atoms. The highest BCUT2D eigenvalue weighted by molar-refractivity contribution is 7.90. The van der Waals surface area contributed by atoms with Gasteiger partial charge in [-0.2, -0.15) is 0 Å². The molecule has 1 N–H and O–H groups in total. The van der Waals surface area contributed by atoms with E-state index in [0.29, 0.717) is 0 Å². The molecule has 1 fully saturated rings. The lowest BCUT2D eigenvalue weighted by Crippen LogP contribution is -2.52. The fraction of sp³-hybridized carbons (Fsp3) is 1.00. The maximum absolute atomic E-state index is 11.9. The van der Waals surface area contributed by atoms with Crippen molar-refractivity contribution in [3.8, 4) is 0 Å². The molecule has 0 bridgehead atoms. The first kappa shape index (κ1) is 12.3. The molecule has 1 aliphatic carbocycles. The van der Waals surface area contributed by atoms with Gasteiger partial charge in [-0.1, -0.05) is 19.3 Å². The van der Waals surface area contributed by atoms with Crippen LogP contribution in [-0.2, 0) is 11.4 Å². The third-order valence-electron chi connectivity index (χ3n) is 2.85. The van der Waals surface area contributed by atoms with Crippen LogP contribution in [0.25, 0.3) is 0 Å². The molecule has 84 valence electrons. The van der Waals surface area contributed by atoms with Gasteiger partial charge in [-0.25, -0.2) is 0 Å². The molecule has 1 saturated carbocycles. The van der Waals surface area contributed by atoms with E-state index in [4.69, 9.17) is 0 Å². The van der Waals surface area contributed by atoms with Crippen LogP contribution in [0, 0.1) is 0 Å². The van der Waals surface area contributed by atoms with E-state index in [2.05, 4.69) is 11.6 Å². The van der Waals surface area contributed by atoms with Crippen LogP contribution in [0.15, 0.2) is 0 Å². The minimum atomic E-state index is -0.924. The smallest absolute Gasteiger partial charge is 0.136 e. The lowest BCUT2D eigenvalue weighted by Gasteiger charge is -2.37. The van der Waals surface area contributed by atoms with E-state index in [-0.39, 0.29) is 10.3 Å². The molecule has 1 unspecified atom stereocenters. The van der Waals surface area contributed by atoms with Crippen molar-refractivity contribution in [2.45, 2.75) is 70.1 Å². The summed E-state index contributed by atoms with van der Waals surface area (Å²) in [5.74, 6) is 0. The van der Waals surface area contributed by atoms with Gasteiger partial charge in [0.2, 0.25) is 0 Å². The highest BCUT2D eigenvalue weighted by atomic mass is 32.2. The van der Waals surface area contributed by atoms with Gasteiger partial charge >= 0.3 is 0 Å². The normalized spacial score (nSPS) is 24.6. The standard InChI is InChI=1S/C11H23NOS/c1-10(2,3)14(13)12-11(4)8-6-5-7-9-11/h12H,5-9H2,1-4H3. The molecule has 0 aromatic rings. The molecule has 1 rings (SSSR count). The molecule has 3 heteroatoms. The van der Waals surface area contributed by atoms with Crippen LogP contribution in [0.3, 0.4) is 0 Å². The molecule has 1 aliphatic rings. The minimum absolute atomic E-state index is 0.108. The molecule has 0 aromatic carbocycles. The molecule has 0 saturated heterocycles. The summed E-state index contributed by atoms with van der Waals surface area (Å²) in [6.07, 6.45) is 6.19.